The van der Waals surface area contributed by atoms with Crippen LogP contribution in [0.2, 0.25) is 0 Å². The van der Waals surface area contributed by atoms with Gasteiger partial charge in [0.25, 0.3) is 0 Å². The summed E-state index contributed by atoms with van der Waals surface area (Å²) in [6.07, 6.45) is 0. The smallest absolute Gasteiger partial charge is 0.335 e. The molecule has 0 radical (unpaired) electrons. The molecule has 0 atom stereocenters. The highest BCUT2D eigenvalue weighted by molar-refractivity contribution is 9.10. The maximum Gasteiger partial charge on any atom is 0.335 e. The van der Waals surface area contributed by atoms with E-state index in [0.29, 0.717) is 5.52 Å². The zero-order valence-electron chi connectivity index (χ0n) is 10.5. The molecule has 0 saturated carbocycles. The molecular weight excluding hydrogens is 322 g/mol. The summed E-state index contributed by atoms with van der Waals surface area (Å²) in [6, 6.07) is 10.7. The number of fused-ring (bicyclic) bond motifs is 1. The highest BCUT2D eigenvalue weighted by Crippen LogP contribution is 2.22. The van der Waals surface area contributed by atoms with Crippen molar-refractivity contribution in [1.29, 1.82) is 0 Å². The Morgan fingerprint density at radius 1 is 1.25 bits per heavy atom. The summed E-state index contributed by atoms with van der Waals surface area (Å²) in [5.41, 5.74) is 3.51. The van der Waals surface area contributed by atoms with Gasteiger partial charge in [-0.1, -0.05) is 21.1 Å². The molecule has 3 aromatic rings. The van der Waals surface area contributed by atoms with Crippen LogP contribution < -0.4 is 0 Å². The van der Waals surface area contributed by atoms with E-state index in [2.05, 4.69) is 26.2 Å². The van der Waals surface area contributed by atoms with Gasteiger partial charge in [0.05, 0.1) is 16.8 Å². The number of carbonyl (C=O) groups is 1. The molecule has 3 rings (SSSR count). The lowest BCUT2D eigenvalue weighted by Crippen LogP contribution is -1.98. The van der Waals surface area contributed by atoms with E-state index in [9.17, 15) is 4.79 Å². The number of aryl methyl sites for hydroxylation is 1. The minimum absolute atomic E-state index is 0.204. The number of benzene rings is 2. The van der Waals surface area contributed by atoms with Crippen LogP contribution >= 0.6 is 15.9 Å². The Kier molecular flexibility index (Phi) is 3.02. The van der Waals surface area contributed by atoms with Crippen molar-refractivity contribution in [3.05, 3.63) is 52.0 Å². The number of hydrogen-bond donors (Lipinski definition) is 1. The predicted molar refractivity (Wildman–Crippen MR) is 78.3 cm³/mol. The van der Waals surface area contributed by atoms with E-state index in [0.717, 1.165) is 21.2 Å². The standard InChI is InChI=1S/C14H10BrN3O2/c1-8-4-10(15)7-11(5-8)18-13-3-2-9(14(19)20)6-12(13)16-17-18/h2-7H,1H3,(H,19,20). The quantitative estimate of drug-likeness (QED) is 0.783. The first-order valence-corrected chi connectivity index (χ1v) is 6.70. The van der Waals surface area contributed by atoms with E-state index in [4.69, 9.17) is 5.11 Å². The topological polar surface area (TPSA) is 68.0 Å². The molecule has 100 valence electrons. The molecule has 2 aromatic carbocycles. The largest absolute Gasteiger partial charge is 0.478 e. The third-order valence-corrected chi connectivity index (χ3v) is 3.42. The number of hydrogen-bond acceptors (Lipinski definition) is 3. The molecule has 0 saturated heterocycles. The van der Waals surface area contributed by atoms with Crippen LogP contribution in [0.25, 0.3) is 16.7 Å². The van der Waals surface area contributed by atoms with Crippen LogP contribution in [0.5, 0.6) is 0 Å². The number of halogens is 1. The molecule has 0 spiro atoms. The van der Waals surface area contributed by atoms with E-state index >= 15 is 0 Å². The normalized spacial score (nSPS) is 10.9. The summed E-state index contributed by atoms with van der Waals surface area (Å²) in [5, 5.41) is 17.1. The molecule has 0 unspecified atom stereocenters. The second-order valence-electron chi connectivity index (χ2n) is 4.50. The maximum absolute atomic E-state index is 10.9. The third-order valence-electron chi connectivity index (χ3n) is 2.96. The van der Waals surface area contributed by atoms with Crippen molar-refractivity contribution in [3.63, 3.8) is 0 Å². The van der Waals surface area contributed by atoms with Crippen molar-refractivity contribution in [2.24, 2.45) is 0 Å². The second kappa shape index (κ2) is 4.72. The number of rotatable bonds is 2. The maximum atomic E-state index is 10.9. The van der Waals surface area contributed by atoms with Gasteiger partial charge in [0.15, 0.2) is 0 Å². The van der Waals surface area contributed by atoms with Crippen LogP contribution in [-0.4, -0.2) is 26.1 Å². The van der Waals surface area contributed by atoms with Gasteiger partial charge in [0, 0.05) is 4.47 Å². The molecule has 1 N–H and O–H groups in total. The fraction of sp³-hybridized carbons (Fsp3) is 0.0714. The van der Waals surface area contributed by atoms with E-state index in [-0.39, 0.29) is 5.56 Å². The van der Waals surface area contributed by atoms with Crippen molar-refractivity contribution in [1.82, 2.24) is 15.0 Å². The average Bonchev–Trinajstić information content (AvgIpc) is 2.80. The SMILES string of the molecule is Cc1cc(Br)cc(-n2nnc3cc(C(=O)O)ccc32)c1. The number of aromatic carboxylic acids is 1. The molecule has 1 heterocycles. The van der Waals surface area contributed by atoms with Crippen molar-refractivity contribution in [3.8, 4) is 5.69 Å². The Morgan fingerprint density at radius 2 is 2.05 bits per heavy atom. The van der Waals surface area contributed by atoms with Gasteiger partial charge >= 0.3 is 5.97 Å². The van der Waals surface area contributed by atoms with Gasteiger partial charge in [0.1, 0.15) is 5.52 Å². The number of aromatic nitrogens is 3. The Labute approximate surface area is 123 Å². The molecule has 0 aliphatic heterocycles. The van der Waals surface area contributed by atoms with Gasteiger partial charge in [-0.3, -0.25) is 0 Å². The van der Waals surface area contributed by atoms with Gasteiger partial charge in [-0.05, 0) is 48.9 Å². The van der Waals surface area contributed by atoms with Gasteiger partial charge in [0.2, 0.25) is 0 Å². The molecule has 0 bridgehead atoms. The van der Waals surface area contributed by atoms with Crippen LogP contribution in [-0.2, 0) is 0 Å². The van der Waals surface area contributed by atoms with Crippen molar-refractivity contribution >= 4 is 32.9 Å². The summed E-state index contributed by atoms with van der Waals surface area (Å²) >= 11 is 3.45. The molecule has 1 aromatic heterocycles. The first-order valence-electron chi connectivity index (χ1n) is 5.91. The van der Waals surface area contributed by atoms with Crippen LogP contribution in [0.3, 0.4) is 0 Å². The lowest BCUT2D eigenvalue weighted by atomic mass is 10.2. The van der Waals surface area contributed by atoms with Crippen LogP contribution in [0, 0.1) is 6.92 Å². The first kappa shape index (κ1) is 12.8. The lowest BCUT2D eigenvalue weighted by Gasteiger charge is -2.05. The summed E-state index contributed by atoms with van der Waals surface area (Å²) in [7, 11) is 0. The summed E-state index contributed by atoms with van der Waals surface area (Å²) < 4.78 is 2.65. The van der Waals surface area contributed by atoms with Crippen molar-refractivity contribution in [2.45, 2.75) is 6.92 Å². The van der Waals surface area contributed by atoms with E-state index in [1.165, 1.54) is 6.07 Å². The van der Waals surface area contributed by atoms with E-state index < -0.39 is 5.97 Å². The zero-order chi connectivity index (χ0) is 14.3. The molecule has 0 amide bonds. The molecule has 0 aliphatic carbocycles. The number of carboxylic acid groups (broad SMARTS) is 1. The van der Waals surface area contributed by atoms with Gasteiger partial charge in [-0.25, -0.2) is 9.48 Å². The second-order valence-corrected chi connectivity index (χ2v) is 5.41. The van der Waals surface area contributed by atoms with Crippen molar-refractivity contribution < 1.29 is 9.90 Å². The molecule has 5 nitrogen and oxygen atoms in total. The fourth-order valence-electron chi connectivity index (χ4n) is 2.09. The minimum atomic E-state index is -0.972. The summed E-state index contributed by atoms with van der Waals surface area (Å²) in [4.78, 5) is 10.9. The molecule has 0 fully saturated rings. The van der Waals surface area contributed by atoms with Gasteiger partial charge in [-0.2, -0.15) is 0 Å². The van der Waals surface area contributed by atoms with E-state index in [1.807, 2.05) is 25.1 Å². The number of carboxylic acids is 1. The van der Waals surface area contributed by atoms with Crippen LogP contribution in [0.15, 0.2) is 40.9 Å². The monoisotopic (exact) mass is 331 g/mol. The van der Waals surface area contributed by atoms with Crippen molar-refractivity contribution in [2.75, 3.05) is 0 Å². The number of nitrogens with zero attached hydrogens (tertiary/aromatic N) is 3. The van der Waals surface area contributed by atoms with E-state index in [1.54, 1.807) is 16.8 Å². The van der Waals surface area contributed by atoms with Crippen LogP contribution in [0.4, 0.5) is 0 Å². The Morgan fingerprint density at radius 3 is 2.75 bits per heavy atom. The third kappa shape index (κ3) is 2.18. The highest BCUT2D eigenvalue weighted by atomic mass is 79.9. The minimum Gasteiger partial charge on any atom is -0.478 e. The Bertz CT molecular complexity index is 806. The molecular formula is C14H10BrN3O2. The Balaban J connectivity index is 2.19. The summed E-state index contributed by atoms with van der Waals surface area (Å²) in [5.74, 6) is -0.972. The van der Waals surface area contributed by atoms with Crippen LogP contribution in [0.1, 0.15) is 15.9 Å². The van der Waals surface area contributed by atoms with Gasteiger partial charge in [-0.15, -0.1) is 5.10 Å². The highest BCUT2D eigenvalue weighted by Gasteiger charge is 2.10. The molecule has 20 heavy (non-hydrogen) atoms. The Hall–Kier alpha value is -2.21. The van der Waals surface area contributed by atoms with Gasteiger partial charge < -0.3 is 5.11 Å². The fourth-order valence-corrected chi connectivity index (χ4v) is 2.68. The lowest BCUT2D eigenvalue weighted by molar-refractivity contribution is 0.0697. The average molecular weight is 332 g/mol. The zero-order valence-corrected chi connectivity index (χ0v) is 12.1. The first-order chi connectivity index (χ1) is 9.54. The molecule has 0 aliphatic rings. The molecule has 6 heteroatoms. The summed E-state index contributed by atoms with van der Waals surface area (Å²) in [6.45, 7) is 2.00. The predicted octanol–water partition coefficient (Wildman–Crippen LogP) is 3.19.